The number of nitrogens with zero attached hydrogens (tertiary/aromatic N) is 1. The van der Waals surface area contributed by atoms with E-state index in [9.17, 15) is 4.79 Å². The second kappa shape index (κ2) is 7.41. The van der Waals surface area contributed by atoms with Crippen molar-refractivity contribution in [1.82, 2.24) is 4.90 Å². The summed E-state index contributed by atoms with van der Waals surface area (Å²) in [7, 11) is 0. The Hall–Kier alpha value is -2.23. The number of hydrogen-bond acceptors (Lipinski definition) is 2. The predicted molar refractivity (Wildman–Crippen MR) is 113 cm³/mol. The minimum Gasteiger partial charge on any atom is -0.299 e. The summed E-state index contributed by atoms with van der Waals surface area (Å²) in [6.45, 7) is 3.16. The third-order valence-electron chi connectivity index (χ3n) is 5.61. The first kappa shape index (κ1) is 18.1. The van der Waals surface area contributed by atoms with E-state index in [0.717, 1.165) is 23.1 Å². The van der Waals surface area contributed by atoms with Crippen LogP contribution in [0.25, 0.3) is 0 Å². The van der Waals surface area contributed by atoms with Crippen molar-refractivity contribution in [3.63, 3.8) is 0 Å². The molecule has 136 valence electrons. The number of likely N-dealkylation sites (tertiary alicyclic amines) is 1. The molecule has 2 nitrogen and oxygen atoms in total. The van der Waals surface area contributed by atoms with Gasteiger partial charge in [-0.2, -0.15) is 0 Å². The van der Waals surface area contributed by atoms with Crippen molar-refractivity contribution >= 4 is 21.7 Å². The maximum absolute atomic E-state index is 12.7. The van der Waals surface area contributed by atoms with Gasteiger partial charge in [-0.25, -0.2) is 0 Å². The Morgan fingerprint density at radius 3 is 1.81 bits per heavy atom. The maximum atomic E-state index is 12.7. The second-order valence-electron chi connectivity index (χ2n) is 7.25. The van der Waals surface area contributed by atoms with Gasteiger partial charge in [0.2, 0.25) is 0 Å². The molecule has 0 radical (unpaired) electrons. The summed E-state index contributed by atoms with van der Waals surface area (Å²) in [6, 6.07) is 29.3. The minimum atomic E-state index is -0.443. The molecule has 3 aromatic rings. The first-order valence-corrected chi connectivity index (χ1v) is 10.0. The fraction of sp³-hybridized carbons (Fsp3) is 0.208. The first-order chi connectivity index (χ1) is 13.1. The van der Waals surface area contributed by atoms with Gasteiger partial charge in [0.25, 0.3) is 0 Å². The van der Waals surface area contributed by atoms with Crippen molar-refractivity contribution in [2.75, 3.05) is 13.1 Å². The largest absolute Gasteiger partial charge is 0.299 e. The van der Waals surface area contributed by atoms with Crippen LogP contribution in [0.5, 0.6) is 0 Å². The second-order valence-corrected chi connectivity index (χ2v) is 8.10. The quantitative estimate of drug-likeness (QED) is 0.552. The van der Waals surface area contributed by atoms with Crippen LogP contribution < -0.4 is 0 Å². The van der Waals surface area contributed by atoms with Crippen molar-refractivity contribution < 1.29 is 4.79 Å². The average molecular weight is 420 g/mol. The number of rotatable bonds is 5. The molecule has 1 aliphatic rings. The van der Waals surface area contributed by atoms with Crippen LogP contribution in [0.3, 0.4) is 0 Å². The zero-order chi connectivity index (χ0) is 18.9. The number of benzene rings is 3. The summed E-state index contributed by atoms with van der Waals surface area (Å²) >= 11 is 3.65. The van der Waals surface area contributed by atoms with Gasteiger partial charge >= 0.3 is 0 Å². The predicted octanol–water partition coefficient (Wildman–Crippen LogP) is 5.38. The zero-order valence-corrected chi connectivity index (χ0v) is 16.9. The number of ketones is 1. The Morgan fingerprint density at radius 1 is 0.852 bits per heavy atom. The van der Waals surface area contributed by atoms with Crippen molar-refractivity contribution in [3.8, 4) is 0 Å². The smallest absolute Gasteiger partial charge is 0.142 e. The summed E-state index contributed by atoms with van der Waals surface area (Å²) < 4.78 is 1.01. The van der Waals surface area contributed by atoms with Gasteiger partial charge in [0.1, 0.15) is 5.78 Å². The topological polar surface area (TPSA) is 20.3 Å². The van der Waals surface area contributed by atoms with E-state index >= 15 is 0 Å². The lowest BCUT2D eigenvalue weighted by Gasteiger charge is -2.52. The average Bonchev–Trinajstić information content (AvgIpc) is 2.66. The van der Waals surface area contributed by atoms with Gasteiger partial charge < -0.3 is 0 Å². The molecular weight excluding hydrogens is 398 g/mol. The molecule has 1 aliphatic heterocycles. The molecule has 0 bridgehead atoms. The van der Waals surface area contributed by atoms with Gasteiger partial charge in [-0.3, -0.25) is 9.69 Å². The highest BCUT2D eigenvalue weighted by Crippen LogP contribution is 2.44. The van der Waals surface area contributed by atoms with Crippen LogP contribution in [0.15, 0.2) is 89.4 Å². The van der Waals surface area contributed by atoms with Gasteiger partial charge in [0, 0.05) is 17.6 Å². The van der Waals surface area contributed by atoms with Gasteiger partial charge in [0.15, 0.2) is 0 Å². The number of halogens is 1. The van der Waals surface area contributed by atoms with Gasteiger partial charge in [-0.05, 0) is 29.7 Å². The Balaban J connectivity index is 1.70. The minimum absolute atomic E-state index is 0.155. The molecule has 0 saturated carbocycles. The van der Waals surface area contributed by atoms with Crippen molar-refractivity contribution in [2.45, 2.75) is 18.4 Å². The highest BCUT2D eigenvalue weighted by molar-refractivity contribution is 9.10. The fourth-order valence-electron chi connectivity index (χ4n) is 4.15. The van der Waals surface area contributed by atoms with Crippen LogP contribution in [-0.4, -0.2) is 23.8 Å². The van der Waals surface area contributed by atoms with E-state index in [2.05, 4.69) is 75.4 Å². The molecule has 1 heterocycles. The number of hydrogen-bond donors (Lipinski definition) is 0. The van der Waals surface area contributed by atoms with E-state index in [4.69, 9.17) is 0 Å². The van der Waals surface area contributed by atoms with Crippen LogP contribution in [0, 0.1) is 0 Å². The molecule has 1 fully saturated rings. The third kappa shape index (κ3) is 3.26. The van der Waals surface area contributed by atoms with Crippen molar-refractivity contribution in [3.05, 3.63) is 106 Å². The van der Waals surface area contributed by atoms with E-state index < -0.39 is 5.41 Å². The van der Waals surface area contributed by atoms with Crippen LogP contribution in [0.2, 0.25) is 0 Å². The standard InChI is InChI=1S/C24H22BrNO/c1-18(27)24(21-14-8-9-15-22(21)25)16-26(17-24)23(19-10-4-2-5-11-19)20-12-6-3-7-13-20/h2-15,23H,16-17H2,1H3. The molecule has 3 heteroatoms. The van der Waals surface area contributed by atoms with Gasteiger partial charge in [-0.1, -0.05) is 94.8 Å². The van der Waals surface area contributed by atoms with Gasteiger partial charge in [0.05, 0.1) is 11.5 Å². The Bertz CT molecular complexity index is 893. The van der Waals surface area contributed by atoms with Crippen molar-refractivity contribution in [1.29, 1.82) is 0 Å². The van der Waals surface area contributed by atoms with E-state index in [1.807, 2.05) is 30.3 Å². The van der Waals surface area contributed by atoms with E-state index in [1.54, 1.807) is 6.92 Å². The molecule has 0 unspecified atom stereocenters. The Kier molecular flexibility index (Phi) is 4.98. The van der Waals surface area contributed by atoms with Crippen LogP contribution in [0.4, 0.5) is 0 Å². The summed E-state index contributed by atoms with van der Waals surface area (Å²) in [6.07, 6.45) is 0. The Labute approximate surface area is 169 Å². The third-order valence-corrected chi connectivity index (χ3v) is 6.30. The lowest BCUT2D eigenvalue weighted by atomic mass is 9.69. The number of Topliss-reactive ketones (excluding diaryl/α,β-unsaturated/α-hetero) is 1. The lowest BCUT2D eigenvalue weighted by molar-refractivity contribution is -0.130. The highest BCUT2D eigenvalue weighted by Gasteiger charge is 2.51. The molecule has 0 atom stereocenters. The molecule has 0 N–H and O–H groups in total. The fourth-order valence-corrected chi connectivity index (χ4v) is 4.81. The molecule has 0 amide bonds. The SMILES string of the molecule is CC(=O)C1(c2ccccc2Br)CN(C(c2ccccc2)c2ccccc2)C1. The summed E-state index contributed by atoms with van der Waals surface area (Å²) in [4.78, 5) is 15.1. The molecule has 4 rings (SSSR count). The van der Waals surface area contributed by atoms with E-state index in [1.165, 1.54) is 11.1 Å². The van der Waals surface area contributed by atoms with E-state index in [0.29, 0.717) is 0 Å². The van der Waals surface area contributed by atoms with Gasteiger partial charge in [-0.15, -0.1) is 0 Å². The summed E-state index contributed by atoms with van der Waals surface area (Å²) in [5.41, 5.74) is 3.16. The monoisotopic (exact) mass is 419 g/mol. The molecule has 1 saturated heterocycles. The zero-order valence-electron chi connectivity index (χ0n) is 15.3. The molecule has 27 heavy (non-hydrogen) atoms. The number of carbonyl (C=O) groups excluding carboxylic acids is 1. The first-order valence-electron chi connectivity index (χ1n) is 9.22. The number of carbonyl (C=O) groups is 1. The summed E-state index contributed by atoms with van der Waals surface area (Å²) in [5.74, 6) is 0.227. The normalized spacial score (nSPS) is 16.1. The van der Waals surface area contributed by atoms with Crippen LogP contribution in [0.1, 0.15) is 29.7 Å². The molecule has 0 aromatic heterocycles. The molecular formula is C24H22BrNO. The van der Waals surface area contributed by atoms with E-state index in [-0.39, 0.29) is 11.8 Å². The molecule has 3 aromatic carbocycles. The summed E-state index contributed by atoms with van der Waals surface area (Å²) in [5, 5.41) is 0. The lowest BCUT2D eigenvalue weighted by Crippen LogP contribution is -2.63. The highest BCUT2D eigenvalue weighted by atomic mass is 79.9. The van der Waals surface area contributed by atoms with Crippen molar-refractivity contribution in [2.24, 2.45) is 0 Å². The maximum Gasteiger partial charge on any atom is 0.142 e. The molecule has 0 spiro atoms. The Morgan fingerprint density at radius 2 is 1.33 bits per heavy atom. The molecule has 0 aliphatic carbocycles. The van der Waals surface area contributed by atoms with Crippen LogP contribution >= 0.6 is 15.9 Å². The van der Waals surface area contributed by atoms with Crippen LogP contribution in [-0.2, 0) is 10.2 Å².